The van der Waals surface area contributed by atoms with Gasteiger partial charge in [-0.1, -0.05) is 6.92 Å². The number of aromatic nitrogens is 1. The Kier molecular flexibility index (Phi) is 1.84. The van der Waals surface area contributed by atoms with Gasteiger partial charge in [0.15, 0.2) is 0 Å². The van der Waals surface area contributed by atoms with Crippen LogP contribution in [-0.4, -0.2) is 10.9 Å². The van der Waals surface area contributed by atoms with Crippen LogP contribution < -0.4 is 5.32 Å². The maximum atomic E-state index is 10.6. The molecule has 1 aromatic rings. The van der Waals surface area contributed by atoms with Gasteiger partial charge in [-0.25, -0.2) is 4.98 Å². The van der Waals surface area contributed by atoms with Crippen molar-refractivity contribution in [1.29, 1.82) is 0 Å². The van der Waals surface area contributed by atoms with Crippen LogP contribution in [0.1, 0.15) is 30.1 Å². The number of amides is 1. The standard InChI is InChI=1S/C8H10N2OS/c1-2-8-10-6(4-12-8)5-3-7(11)9-5/h4-5H,2-3H2,1H3,(H,9,11). The molecular weight excluding hydrogens is 172 g/mol. The highest BCUT2D eigenvalue weighted by molar-refractivity contribution is 7.09. The average molecular weight is 182 g/mol. The fourth-order valence-electron chi connectivity index (χ4n) is 1.18. The van der Waals surface area contributed by atoms with Crippen molar-refractivity contribution in [3.63, 3.8) is 0 Å². The van der Waals surface area contributed by atoms with Gasteiger partial charge >= 0.3 is 0 Å². The molecule has 1 aromatic heterocycles. The van der Waals surface area contributed by atoms with Crippen LogP contribution in [0.25, 0.3) is 0 Å². The van der Waals surface area contributed by atoms with Crippen molar-refractivity contribution in [2.24, 2.45) is 0 Å². The van der Waals surface area contributed by atoms with Gasteiger partial charge in [-0.3, -0.25) is 4.79 Å². The minimum Gasteiger partial charge on any atom is -0.347 e. The van der Waals surface area contributed by atoms with E-state index in [1.54, 1.807) is 11.3 Å². The molecule has 4 heteroatoms. The van der Waals surface area contributed by atoms with E-state index in [0.29, 0.717) is 6.42 Å². The molecule has 0 aromatic carbocycles. The van der Waals surface area contributed by atoms with Gasteiger partial charge in [-0.05, 0) is 6.42 Å². The molecule has 1 N–H and O–H groups in total. The average Bonchev–Trinajstić information content (AvgIpc) is 2.46. The molecule has 0 radical (unpaired) electrons. The predicted octanol–water partition coefficient (Wildman–Crippen LogP) is 1.27. The minimum absolute atomic E-state index is 0.131. The summed E-state index contributed by atoms with van der Waals surface area (Å²) >= 11 is 1.67. The van der Waals surface area contributed by atoms with E-state index in [2.05, 4.69) is 17.2 Å². The first-order valence-electron chi connectivity index (χ1n) is 4.03. The molecule has 3 nitrogen and oxygen atoms in total. The Bertz CT molecular complexity index is 300. The third-order valence-corrected chi connectivity index (χ3v) is 2.97. The lowest BCUT2D eigenvalue weighted by Crippen LogP contribution is -2.41. The molecule has 0 aliphatic carbocycles. The van der Waals surface area contributed by atoms with Crippen LogP contribution in [0.5, 0.6) is 0 Å². The Hall–Kier alpha value is -0.900. The van der Waals surface area contributed by atoms with Crippen LogP contribution in [0.15, 0.2) is 5.38 Å². The molecule has 12 heavy (non-hydrogen) atoms. The molecule has 1 atom stereocenters. The molecule has 2 rings (SSSR count). The fraction of sp³-hybridized carbons (Fsp3) is 0.500. The second-order valence-corrected chi connectivity index (χ2v) is 3.79. The fourth-order valence-corrected chi connectivity index (χ4v) is 1.98. The number of β-lactam (4-membered cyclic amide) rings is 1. The zero-order chi connectivity index (χ0) is 8.55. The number of rotatable bonds is 2. The number of aryl methyl sites for hydroxylation is 1. The number of carbonyl (C=O) groups excluding carboxylic acids is 1. The van der Waals surface area contributed by atoms with Gasteiger partial charge in [0.2, 0.25) is 5.91 Å². The summed E-state index contributed by atoms with van der Waals surface area (Å²) in [7, 11) is 0. The predicted molar refractivity (Wildman–Crippen MR) is 47.0 cm³/mol. The highest BCUT2D eigenvalue weighted by Crippen LogP contribution is 2.25. The summed E-state index contributed by atoms with van der Waals surface area (Å²) in [6.07, 6.45) is 1.58. The normalized spacial score (nSPS) is 21.8. The lowest BCUT2D eigenvalue weighted by molar-refractivity contribution is -0.128. The van der Waals surface area contributed by atoms with Gasteiger partial charge in [0, 0.05) is 5.38 Å². The third kappa shape index (κ3) is 1.22. The van der Waals surface area contributed by atoms with Crippen molar-refractivity contribution in [2.45, 2.75) is 25.8 Å². The van der Waals surface area contributed by atoms with Gasteiger partial charge < -0.3 is 5.32 Å². The van der Waals surface area contributed by atoms with Crippen molar-refractivity contribution >= 4 is 17.2 Å². The summed E-state index contributed by atoms with van der Waals surface area (Å²) < 4.78 is 0. The van der Waals surface area contributed by atoms with Crippen LogP contribution in [0.2, 0.25) is 0 Å². The van der Waals surface area contributed by atoms with Crippen LogP contribution in [0.4, 0.5) is 0 Å². The zero-order valence-electron chi connectivity index (χ0n) is 6.83. The summed E-state index contributed by atoms with van der Waals surface area (Å²) in [6.45, 7) is 2.09. The molecule has 1 amide bonds. The number of carbonyl (C=O) groups is 1. The monoisotopic (exact) mass is 182 g/mol. The Balaban J connectivity index is 2.08. The van der Waals surface area contributed by atoms with E-state index in [1.807, 2.05) is 5.38 Å². The van der Waals surface area contributed by atoms with Gasteiger partial charge in [-0.15, -0.1) is 11.3 Å². The first-order valence-corrected chi connectivity index (χ1v) is 4.91. The molecule has 64 valence electrons. The first kappa shape index (κ1) is 7.73. The molecule has 0 saturated carbocycles. The SMILES string of the molecule is CCc1nc(C2CC(=O)N2)cs1. The maximum Gasteiger partial charge on any atom is 0.223 e. The van der Waals surface area contributed by atoms with Gasteiger partial charge in [0.05, 0.1) is 23.2 Å². The summed E-state index contributed by atoms with van der Waals surface area (Å²) in [5.74, 6) is 0.131. The van der Waals surface area contributed by atoms with Crippen molar-refractivity contribution in [2.75, 3.05) is 0 Å². The molecule has 0 bridgehead atoms. The molecule has 1 saturated heterocycles. The molecule has 2 heterocycles. The number of thiazole rings is 1. The van der Waals surface area contributed by atoms with Gasteiger partial charge in [0.25, 0.3) is 0 Å². The Morgan fingerprint density at radius 1 is 1.83 bits per heavy atom. The van der Waals surface area contributed by atoms with Crippen molar-refractivity contribution in [3.05, 3.63) is 16.1 Å². The largest absolute Gasteiger partial charge is 0.347 e. The molecule has 1 aliphatic heterocycles. The highest BCUT2D eigenvalue weighted by atomic mass is 32.1. The zero-order valence-corrected chi connectivity index (χ0v) is 7.65. The van der Waals surface area contributed by atoms with E-state index in [9.17, 15) is 4.79 Å². The minimum atomic E-state index is 0.131. The first-order chi connectivity index (χ1) is 5.79. The lowest BCUT2D eigenvalue weighted by Gasteiger charge is -2.24. The Morgan fingerprint density at radius 2 is 2.58 bits per heavy atom. The molecular formula is C8H10N2OS. The second kappa shape index (κ2) is 2.86. The molecule has 1 aliphatic rings. The number of hydrogen-bond donors (Lipinski definition) is 1. The van der Waals surface area contributed by atoms with Gasteiger partial charge in [0.1, 0.15) is 0 Å². The van der Waals surface area contributed by atoms with E-state index >= 15 is 0 Å². The van der Waals surface area contributed by atoms with E-state index in [-0.39, 0.29) is 11.9 Å². The molecule has 1 fully saturated rings. The number of hydrogen-bond acceptors (Lipinski definition) is 3. The van der Waals surface area contributed by atoms with E-state index in [0.717, 1.165) is 17.1 Å². The van der Waals surface area contributed by atoms with Crippen LogP contribution >= 0.6 is 11.3 Å². The van der Waals surface area contributed by atoms with E-state index < -0.39 is 0 Å². The maximum absolute atomic E-state index is 10.6. The van der Waals surface area contributed by atoms with E-state index in [4.69, 9.17) is 0 Å². The summed E-state index contributed by atoms with van der Waals surface area (Å²) in [6, 6.07) is 0.189. The smallest absolute Gasteiger partial charge is 0.223 e. The topological polar surface area (TPSA) is 42.0 Å². The van der Waals surface area contributed by atoms with Crippen LogP contribution in [-0.2, 0) is 11.2 Å². The van der Waals surface area contributed by atoms with Crippen LogP contribution in [0.3, 0.4) is 0 Å². The van der Waals surface area contributed by atoms with Crippen molar-refractivity contribution in [1.82, 2.24) is 10.3 Å². The second-order valence-electron chi connectivity index (χ2n) is 2.84. The quantitative estimate of drug-likeness (QED) is 0.700. The molecule has 0 spiro atoms. The van der Waals surface area contributed by atoms with Crippen molar-refractivity contribution in [3.8, 4) is 0 Å². The Labute approximate surface area is 74.8 Å². The highest BCUT2D eigenvalue weighted by Gasteiger charge is 2.28. The third-order valence-electron chi connectivity index (χ3n) is 1.95. The number of nitrogens with one attached hydrogen (secondary N) is 1. The summed E-state index contributed by atoms with van der Waals surface area (Å²) in [4.78, 5) is 15.0. The summed E-state index contributed by atoms with van der Waals surface area (Å²) in [5.41, 5.74) is 1.02. The lowest BCUT2D eigenvalue weighted by atomic mass is 10.0. The summed E-state index contributed by atoms with van der Waals surface area (Å²) in [5, 5.41) is 5.98. The van der Waals surface area contributed by atoms with Crippen LogP contribution in [0, 0.1) is 0 Å². The van der Waals surface area contributed by atoms with Crippen molar-refractivity contribution < 1.29 is 4.79 Å². The molecule has 1 unspecified atom stereocenters. The van der Waals surface area contributed by atoms with Gasteiger partial charge in [-0.2, -0.15) is 0 Å². The van der Waals surface area contributed by atoms with E-state index in [1.165, 1.54) is 0 Å². The number of nitrogens with zero attached hydrogens (tertiary/aromatic N) is 1. The Morgan fingerprint density at radius 3 is 3.08 bits per heavy atom.